The maximum absolute atomic E-state index is 9.23. The van der Waals surface area contributed by atoms with E-state index in [4.69, 9.17) is 5.73 Å². The SMILES string of the molecule is Cc1cscc1/C(N)=C(/C#N)c1ccncc1. The van der Waals surface area contributed by atoms with Crippen LogP contribution in [-0.2, 0) is 0 Å². The van der Waals surface area contributed by atoms with Gasteiger partial charge in [-0.2, -0.15) is 16.6 Å². The van der Waals surface area contributed by atoms with Gasteiger partial charge in [0.05, 0.1) is 11.3 Å². The molecule has 0 aliphatic rings. The van der Waals surface area contributed by atoms with E-state index in [1.54, 1.807) is 35.9 Å². The van der Waals surface area contributed by atoms with Gasteiger partial charge in [0.2, 0.25) is 0 Å². The average Bonchev–Trinajstić information content (AvgIpc) is 2.77. The third-order valence-corrected chi connectivity index (χ3v) is 3.36. The fourth-order valence-corrected chi connectivity index (χ4v) is 2.42. The first-order valence-electron chi connectivity index (χ1n) is 5.07. The summed E-state index contributed by atoms with van der Waals surface area (Å²) in [6.07, 6.45) is 3.31. The lowest BCUT2D eigenvalue weighted by atomic mass is 10.0. The Morgan fingerprint density at radius 1 is 1.35 bits per heavy atom. The van der Waals surface area contributed by atoms with Crippen molar-refractivity contribution in [2.24, 2.45) is 5.73 Å². The van der Waals surface area contributed by atoms with Crippen LogP contribution >= 0.6 is 11.3 Å². The van der Waals surface area contributed by atoms with Gasteiger partial charge in [-0.15, -0.1) is 0 Å². The second-order valence-electron chi connectivity index (χ2n) is 3.60. The predicted molar refractivity (Wildman–Crippen MR) is 69.9 cm³/mol. The van der Waals surface area contributed by atoms with Gasteiger partial charge in [-0.25, -0.2) is 0 Å². The number of hydrogen-bond acceptors (Lipinski definition) is 4. The smallest absolute Gasteiger partial charge is 0.102 e. The van der Waals surface area contributed by atoms with E-state index < -0.39 is 0 Å². The topological polar surface area (TPSA) is 62.7 Å². The molecule has 2 rings (SSSR count). The van der Waals surface area contributed by atoms with Gasteiger partial charge in [-0.3, -0.25) is 4.98 Å². The van der Waals surface area contributed by atoms with Crippen LogP contribution < -0.4 is 5.73 Å². The van der Waals surface area contributed by atoms with E-state index in [9.17, 15) is 5.26 Å². The number of hydrogen-bond donors (Lipinski definition) is 1. The summed E-state index contributed by atoms with van der Waals surface area (Å²) in [4.78, 5) is 3.93. The van der Waals surface area contributed by atoms with E-state index in [0.29, 0.717) is 11.3 Å². The molecule has 2 aromatic rings. The minimum atomic E-state index is 0.494. The van der Waals surface area contributed by atoms with Crippen LogP contribution in [0.15, 0.2) is 35.3 Å². The summed E-state index contributed by atoms with van der Waals surface area (Å²) in [5.74, 6) is 0. The van der Waals surface area contributed by atoms with E-state index in [1.165, 1.54) is 0 Å². The standard InChI is InChI=1S/C13H11N3S/c1-9-7-17-8-12(9)13(15)11(6-14)10-2-4-16-5-3-10/h2-5,7-8H,15H2,1H3/b13-11+. The Morgan fingerprint density at radius 3 is 2.59 bits per heavy atom. The lowest BCUT2D eigenvalue weighted by Crippen LogP contribution is -2.00. The van der Waals surface area contributed by atoms with Crippen LogP contribution in [0.3, 0.4) is 0 Å². The Labute approximate surface area is 104 Å². The molecule has 0 aromatic carbocycles. The zero-order valence-corrected chi connectivity index (χ0v) is 10.2. The summed E-state index contributed by atoms with van der Waals surface area (Å²) in [5, 5.41) is 13.2. The molecule has 17 heavy (non-hydrogen) atoms. The van der Waals surface area contributed by atoms with E-state index >= 15 is 0 Å². The quantitative estimate of drug-likeness (QED) is 0.822. The highest BCUT2D eigenvalue weighted by molar-refractivity contribution is 7.08. The molecular formula is C13H11N3S. The van der Waals surface area contributed by atoms with Crippen LogP contribution in [0.1, 0.15) is 16.7 Å². The largest absolute Gasteiger partial charge is 0.397 e. The molecule has 0 aliphatic carbocycles. The van der Waals surface area contributed by atoms with Crippen LogP contribution in [0.25, 0.3) is 11.3 Å². The second kappa shape index (κ2) is 4.81. The van der Waals surface area contributed by atoms with E-state index in [1.807, 2.05) is 17.7 Å². The molecule has 4 heteroatoms. The molecule has 0 amide bonds. The molecule has 84 valence electrons. The number of allylic oxidation sites excluding steroid dienone is 1. The van der Waals surface area contributed by atoms with Crippen molar-refractivity contribution in [3.63, 3.8) is 0 Å². The first kappa shape index (κ1) is 11.4. The maximum atomic E-state index is 9.23. The Morgan fingerprint density at radius 2 is 2.06 bits per heavy atom. The van der Waals surface area contributed by atoms with Gasteiger partial charge < -0.3 is 5.73 Å². The lowest BCUT2D eigenvalue weighted by molar-refractivity contribution is 1.31. The van der Waals surface area contributed by atoms with Crippen LogP contribution in [0.4, 0.5) is 0 Å². The van der Waals surface area contributed by atoms with Crippen molar-refractivity contribution in [1.29, 1.82) is 5.26 Å². The zero-order valence-electron chi connectivity index (χ0n) is 9.34. The molecular weight excluding hydrogens is 230 g/mol. The van der Waals surface area contributed by atoms with Gasteiger partial charge in [0, 0.05) is 23.3 Å². The summed E-state index contributed by atoms with van der Waals surface area (Å²) in [6, 6.07) is 5.73. The summed E-state index contributed by atoms with van der Waals surface area (Å²) in [6.45, 7) is 1.99. The van der Waals surface area contributed by atoms with Gasteiger partial charge in [0.25, 0.3) is 0 Å². The summed E-state index contributed by atoms with van der Waals surface area (Å²) in [5.41, 5.74) is 9.91. The molecule has 0 saturated carbocycles. The number of nitriles is 1. The molecule has 0 atom stereocenters. The molecule has 0 saturated heterocycles. The Balaban J connectivity index is 2.57. The number of pyridine rings is 1. The monoisotopic (exact) mass is 241 g/mol. The third-order valence-electron chi connectivity index (χ3n) is 2.50. The molecule has 3 nitrogen and oxygen atoms in total. The van der Waals surface area contributed by atoms with Crippen molar-refractivity contribution >= 4 is 22.6 Å². The lowest BCUT2D eigenvalue weighted by Gasteiger charge is -2.05. The van der Waals surface area contributed by atoms with Crippen molar-refractivity contribution in [2.45, 2.75) is 6.92 Å². The van der Waals surface area contributed by atoms with E-state index in [-0.39, 0.29) is 0 Å². The summed E-state index contributed by atoms with van der Waals surface area (Å²) < 4.78 is 0. The van der Waals surface area contributed by atoms with Gasteiger partial charge in [-0.05, 0) is 35.6 Å². The molecule has 2 aromatic heterocycles. The van der Waals surface area contributed by atoms with Crippen LogP contribution in [-0.4, -0.2) is 4.98 Å². The van der Waals surface area contributed by atoms with Gasteiger partial charge in [-0.1, -0.05) is 0 Å². The number of nitrogens with two attached hydrogens (primary N) is 1. The minimum Gasteiger partial charge on any atom is -0.397 e. The van der Waals surface area contributed by atoms with Crippen LogP contribution in [0.5, 0.6) is 0 Å². The number of aromatic nitrogens is 1. The summed E-state index contributed by atoms with van der Waals surface area (Å²) >= 11 is 1.58. The van der Waals surface area contributed by atoms with Crippen molar-refractivity contribution in [2.75, 3.05) is 0 Å². The highest BCUT2D eigenvalue weighted by atomic mass is 32.1. The van der Waals surface area contributed by atoms with Crippen molar-refractivity contribution in [3.8, 4) is 6.07 Å². The Kier molecular flexibility index (Phi) is 3.22. The second-order valence-corrected chi connectivity index (χ2v) is 4.35. The first-order chi connectivity index (χ1) is 8.24. The van der Waals surface area contributed by atoms with Crippen LogP contribution in [0, 0.1) is 18.3 Å². The molecule has 0 unspecified atom stereocenters. The van der Waals surface area contributed by atoms with Gasteiger partial charge in [0.15, 0.2) is 0 Å². The molecule has 0 aliphatic heterocycles. The van der Waals surface area contributed by atoms with Crippen molar-refractivity contribution in [3.05, 3.63) is 52.0 Å². The van der Waals surface area contributed by atoms with E-state index in [2.05, 4.69) is 11.1 Å². The Hall–Kier alpha value is -2.12. The number of thiophene rings is 1. The normalized spacial score (nSPS) is 11.8. The first-order valence-corrected chi connectivity index (χ1v) is 6.01. The maximum Gasteiger partial charge on any atom is 0.102 e. The van der Waals surface area contributed by atoms with Crippen molar-refractivity contribution in [1.82, 2.24) is 4.98 Å². The highest BCUT2D eigenvalue weighted by Crippen LogP contribution is 2.26. The zero-order chi connectivity index (χ0) is 12.3. The molecule has 0 fully saturated rings. The Bertz CT molecular complexity index is 591. The van der Waals surface area contributed by atoms with Gasteiger partial charge in [0.1, 0.15) is 6.07 Å². The van der Waals surface area contributed by atoms with Gasteiger partial charge >= 0.3 is 0 Å². The molecule has 0 spiro atoms. The number of nitrogens with zero attached hydrogens (tertiary/aromatic N) is 2. The molecule has 0 radical (unpaired) electrons. The van der Waals surface area contributed by atoms with Crippen molar-refractivity contribution < 1.29 is 0 Å². The average molecular weight is 241 g/mol. The molecule has 0 bridgehead atoms. The number of aryl methyl sites for hydroxylation is 1. The third kappa shape index (κ3) is 2.19. The fourth-order valence-electron chi connectivity index (χ4n) is 1.57. The predicted octanol–water partition coefficient (Wildman–Crippen LogP) is 2.80. The van der Waals surface area contributed by atoms with E-state index in [0.717, 1.165) is 16.7 Å². The summed E-state index contributed by atoms with van der Waals surface area (Å²) in [7, 11) is 0. The van der Waals surface area contributed by atoms with Crippen LogP contribution in [0.2, 0.25) is 0 Å². The number of rotatable bonds is 2. The minimum absolute atomic E-state index is 0.494. The molecule has 2 heterocycles. The highest BCUT2D eigenvalue weighted by Gasteiger charge is 2.10. The fraction of sp³-hybridized carbons (Fsp3) is 0.0769. The molecule has 2 N–H and O–H groups in total.